The molecule has 1 aliphatic rings. The van der Waals surface area contributed by atoms with Crippen LogP contribution in [0.15, 0.2) is 0 Å². The van der Waals surface area contributed by atoms with Crippen LogP contribution in [0.1, 0.15) is 45.4 Å². The third kappa shape index (κ3) is 4.28. The molecule has 0 aromatic carbocycles. The molecule has 3 unspecified atom stereocenters. The van der Waals surface area contributed by atoms with Crippen molar-refractivity contribution in [2.45, 2.75) is 63.6 Å². The van der Waals surface area contributed by atoms with E-state index in [4.69, 9.17) is 10.5 Å². The van der Waals surface area contributed by atoms with Crippen LogP contribution in [0.3, 0.4) is 0 Å². The fraction of sp³-hybridized carbons (Fsp3) is 0.923. The fourth-order valence-corrected chi connectivity index (χ4v) is 2.43. The molecule has 4 nitrogen and oxygen atoms in total. The molecule has 17 heavy (non-hydrogen) atoms. The highest BCUT2D eigenvalue weighted by atomic mass is 16.5. The van der Waals surface area contributed by atoms with Crippen molar-refractivity contribution in [2.75, 3.05) is 14.2 Å². The van der Waals surface area contributed by atoms with E-state index in [1.165, 1.54) is 12.8 Å². The van der Waals surface area contributed by atoms with E-state index in [1.807, 2.05) is 18.9 Å². The minimum absolute atomic E-state index is 0.146. The standard InChI is InChI=1S/C13H26N2O2/c1-10(17-3)8-9-13(16)15(2)12-7-5-4-6-11(12)14/h10-12H,4-9,14H2,1-3H3. The van der Waals surface area contributed by atoms with E-state index in [9.17, 15) is 4.79 Å². The summed E-state index contributed by atoms with van der Waals surface area (Å²) in [7, 11) is 3.56. The third-order valence-corrected chi connectivity index (χ3v) is 3.84. The Labute approximate surface area is 104 Å². The zero-order chi connectivity index (χ0) is 12.8. The van der Waals surface area contributed by atoms with Gasteiger partial charge in [0.15, 0.2) is 0 Å². The Morgan fingerprint density at radius 2 is 2.12 bits per heavy atom. The monoisotopic (exact) mass is 242 g/mol. The molecule has 1 fully saturated rings. The second kappa shape index (κ2) is 6.97. The van der Waals surface area contributed by atoms with Crippen molar-refractivity contribution in [1.82, 2.24) is 4.90 Å². The number of hydrogen-bond donors (Lipinski definition) is 1. The van der Waals surface area contributed by atoms with Crippen LogP contribution in [0.25, 0.3) is 0 Å². The second-order valence-corrected chi connectivity index (χ2v) is 5.11. The maximum atomic E-state index is 12.0. The molecule has 1 rings (SSSR count). The van der Waals surface area contributed by atoms with Gasteiger partial charge in [0.2, 0.25) is 5.91 Å². The van der Waals surface area contributed by atoms with Gasteiger partial charge in [-0.15, -0.1) is 0 Å². The molecule has 0 saturated heterocycles. The van der Waals surface area contributed by atoms with Crippen LogP contribution in [0.4, 0.5) is 0 Å². The number of likely N-dealkylation sites (N-methyl/N-ethyl adjacent to an activating group) is 1. The van der Waals surface area contributed by atoms with Crippen molar-refractivity contribution in [3.63, 3.8) is 0 Å². The number of nitrogens with two attached hydrogens (primary N) is 1. The quantitative estimate of drug-likeness (QED) is 0.795. The minimum atomic E-state index is 0.146. The van der Waals surface area contributed by atoms with E-state index < -0.39 is 0 Å². The molecule has 4 heteroatoms. The molecular formula is C13H26N2O2. The van der Waals surface area contributed by atoms with E-state index in [-0.39, 0.29) is 24.1 Å². The summed E-state index contributed by atoms with van der Waals surface area (Å²) in [6.07, 6.45) is 5.94. The van der Waals surface area contributed by atoms with Gasteiger partial charge in [-0.3, -0.25) is 4.79 Å². The topological polar surface area (TPSA) is 55.6 Å². The molecule has 0 spiro atoms. The molecule has 1 saturated carbocycles. The number of nitrogens with zero attached hydrogens (tertiary/aromatic N) is 1. The highest BCUT2D eigenvalue weighted by Gasteiger charge is 2.28. The Kier molecular flexibility index (Phi) is 5.92. The highest BCUT2D eigenvalue weighted by Crippen LogP contribution is 2.21. The molecule has 0 radical (unpaired) electrons. The number of methoxy groups -OCH3 is 1. The third-order valence-electron chi connectivity index (χ3n) is 3.84. The Balaban J connectivity index is 2.39. The van der Waals surface area contributed by atoms with Gasteiger partial charge < -0.3 is 15.4 Å². The first-order valence-corrected chi connectivity index (χ1v) is 6.60. The summed E-state index contributed by atoms with van der Waals surface area (Å²) in [5.74, 6) is 0.191. The molecule has 0 aromatic heterocycles. The first-order chi connectivity index (χ1) is 8.06. The predicted molar refractivity (Wildman–Crippen MR) is 68.7 cm³/mol. The average molecular weight is 242 g/mol. The summed E-state index contributed by atoms with van der Waals surface area (Å²) in [6.45, 7) is 1.99. The lowest BCUT2D eigenvalue weighted by molar-refractivity contribution is -0.133. The summed E-state index contributed by atoms with van der Waals surface area (Å²) >= 11 is 0. The molecule has 2 N–H and O–H groups in total. The summed E-state index contributed by atoms with van der Waals surface area (Å²) in [6, 6.07) is 0.381. The molecular weight excluding hydrogens is 216 g/mol. The van der Waals surface area contributed by atoms with Crippen molar-refractivity contribution in [3.8, 4) is 0 Å². The van der Waals surface area contributed by atoms with Gasteiger partial charge in [-0.2, -0.15) is 0 Å². The molecule has 1 aliphatic carbocycles. The van der Waals surface area contributed by atoms with Gasteiger partial charge in [0.25, 0.3) is 0 Å². The summed E-state index contributed by atoms with van der Waals surface area (Å²) in [4.78, 5) is 13.9. The van der Waals surface area contributed by atoms with Crippen LogP contribution in [0, 0.1) is 0 Å². The number of ether oxygens (including phenoxy) is 1. The van der Waals surface area contributed by atoms with Crippen molar-refractivity contribution in [2.24, 2.45) is 5.73 Å². The van der Waals surface area contributed by atoms with E-state index >= 15 is 0 Å². The lowest BCUT2D eigenvalue weighted by atomic mass is 9.90. The molecule has 0 aliphatic heterocycles. The van der Waals surface area contributed by atoms with Crippen LogP contribution < -0.4 is 5.73 Å². The number of carbonyl (C=O) groups excluding carboxylic acids is 1. The van der Waals surface area contributed by atoms with E-state index in [0.29, 0.717) is 6.42 Å². The fourth-order valence-electron chi connectivity index (χ4n) is 2.43. The molecule has 0 aromatic rings. The average Bonchev–Trinajstić information content (AvgIpc) is 2.35. The Morgan fingerprint density at radius 1 is 1.47 bits per heavy atom. The number of hydrogen-bond acceptors (Lipinski definition) is 3. The summed E-state index contributed by atoms with van der Waals surface area (Å²) in [5, 5.41) is 0. The van der Waals surface area contributed by atoms with Gasteiger partial charge in [0.05, 0.1) is 6.10 Å². The maximum absolute atomic E-state index is 12.0. The lowest BCUT2D eigenvalue weighted by Crippen LogP contribution is -2.50. The Bertz CT molecular complexity index is 246. The first-order valence-electron chi connectivity index (χ1n) is 6.60. The SMILES string of the molecule is COC(C)CCC(=O)N(C)C1CCCCC1N. The Hall–Kier alpha value is -0.610. The second-order valence-electron chi connectivity index (χ2n) is 5.11. The molecule has 1 amide bonds. The van der Waals surface area contributed by atoms with Crippen LogP contribution in [0.5, 0.6) is 0 Å². The number of amides is 1. The highest BCUT2D eigenvalue weighted by molar-refractivity contribution is 5.76. The van der Waals surface area contributed by atoms with Crippen molar-refractivity contribution < 1.29 is 9.53 Å². The lowest BCUT2D eigenvalue weighted by Gasteiger charge is -2.36. The van der Waals surface area contributed by atoms with Gasteiger partial charge >= 0.3 is 0 Å². The predicted octanol–water partition coefficient (Wildman–Crippen LogP) is 1.53. The Morgan fingerprint density at radius 3 is 2.71 bits per heavy atom. The van der Waals surface area contributed by atoms with E-state index in [2.05, 4.69) is 0 Å². The molecule has 100 valence electrons. The van der Waals surface area contributed by atoms with Gasteiger partial charge in [0, 0.05) is 32.7 Å². The van der Waals surface area contributed by atoms with E-state index in [1.54, 1.807) is 7.11 Å². The number of rotatable bonds is 5. The largest absolute Gasteiger partial charge is 0.382 e. The normalized spacial score (nSPS) is 26.6. The summed E-state index contributed by atoms with van der Waals surface area (Å²) < 4.78 is 5.15. The number of carbonyl (C=O) groups is 1. The van der Waals surface area contributed by atoms with Crippen LogP contribution in [-0.4, -0.2) is 43.2 Å². The minimum Gasteiger partial charge on any atom is -0.382 e. The molecule has 3 atom stereocenters. The van der Waals surface area contributed by atoms with Gasteiger partial charge in [-0.1, -0.05) is 12.8 Å². The van der Waals surface area contributed by atoms with Crippen LogP contribution >= 0.6 is 0 Å². The first kappa shape index (κ1) is 14.5. The molecule has 0 heterocycles. The van der Waals surface area contributed by atoms with Crippen molar-refractivity contribution in [3.05, 3.63) is 0 Å². The van der Waals surface area contributed by atoms with Gasteiger partial charge in [0.1, 0.15) is 0 Å². The molecule has 0 bridgehead atoms. The van der Waals surface area contributed by atoms with Crippen molar-refractivity contribution >= 4 is 5.91 Å². The summed E-state index contributed by atoms with van der Waals surface area (Å²) in [5.41, 5.74) is 6.08. The van der Waals surface area contributed by atoms with Gasteiger partial charge in [-0.05, 0) is 26.2 Å². The maximum Gasteiger partial charge on any atom is 0.222 e. The van der Waals surface area contributed by atoms with Crippen molar-refractivity contribution in [1.29, 1.82) is 0 Å². The van der Waals surface area contributed by atoms with Crippen LogP contribution in [0.2, 0.25) is 0 Å². The smallest absolute Gasteiger partial charge is 0.222 e. The zero-order valence-electron chi connectivity index (χ0n) is 11.3. The van der Waals surface area contributed by atoms with Crippen LogP contribution in [-0.2, 0) is 9.53 Å². The van der Waals surface area contributed by atoms with Gasteiger partial charge in [-0.25, -0.2) is 0 Å². The van der Waals surface area contributed by atoms with E-state index in [0.717, 1.165) is 19.3 Å². The zero-order valence-corrected chi connectivity index (χ0v) is 11.3.